The molecule has 0 amide bonds. The summed E-state index contributed by atoms with van der Waals surface area (Å²) in [5, 5.41) is 10.6. The average Bonchev–Trinajstić information content (AvgIpc) is 2.76. The van der Waals surface area contributed by atoms with Gasteiger partial charge >= 0.3 is 5.97 Å². The van der Waals surface area contributed by atoms with Crippen LogP contribution in [0.1, 0.15) is 22.6 Å². The Bertz CT molecular complexity index is 1210. The van der Waals surface area contributed by atoms with Gasteiger partial charge in [0, 0.05) is 24.4 Å². The summed E-state index contributed by atoms with van der Waals surface area (Å²) in [6.45, 7) is 1.80. The van der Waals surface area contributed by atoms with E-state index in [-0.39, 0.29) is 11.3 Å². The number of carbonyl (C=O) groups is 1. The molecular formula is C23H18F3NO4. The summed E-state index contributed by atoms with van der Waals surface area (Å²) >= 11 is 0. The molecule has 1 heterocycles. The van der Waals surface area contributed by atoms with Crippen molar-refractivity contribution in [2.45, 2.75) is 12.8 Å². The highest BCUT2D eigenvalue weighted by Gasteiger charge is 2.39. The number of carbonyl (C=O) groups excluding carboxylic acids is 1. The smallest absolute Gasteiger partial charge is 0.323 e. The third-order valence-electron chi connectivity index (χ3n) is 5.37. The van der Waals surface area contributed by atoms with E-state index in [0.717, 1.165) is 5.56 Å². The minimum atomic E-state index is -1.61. The molecule has 1 aliphatic rings. The van der Waals surface area contributed by atoms with Crippen molar-refractivity contribution < 1.29 is 32.5 Å². The Morgan fingerprint density at radius 2 is 1.77 bits per heavy atom. The highest BCUT2D eigenvalue weighted by molar-refractivity contribution is 5.94. The maximum absolute atomic E-state index is 14.1. The Morgan fingerprint density at radius 1 is 1.06 bits per heavy atom. The normalized spacial score (nSPS) is 14.6. The summed E-state index contributed by atoms with van der Waals surface area (Å²) < 4.78 is 52.1. The van der Waals surface area contributed by atoms with Crippen molar-refractivity contribution in [3.8, 4) is 17.2 Å². The Labute approximate surface area is 176 Å². The number of esters is 1. The number of rotatable bonds is 3. The summed E-state index contributed by atoms with van der Waals surface area (Å²) in [7, 11) is 3.26. The van der Waals surface area contributed by atoms with Crippen LogP contribution >= 0.6 is 0 Å². The maximum atomic E-state index is 14.1. The first-order valence-electron chi connectivity index (χ1n) is 9.34. The molecule has 0 fully saturated rings. The van der Waals surface area contributed by atoms with Crippen LogP contribution in [0.4, 0.5) is 24.5 Å². The first-order valence-corrected chi connectivity index (χ1v) is 9.34. The fourth-order valence-electron chi connectivity index (χ4n) is 3.90. The van der Waals surface area contributed by atoms with E-state index in [1.807, 2.05) is 0 Å². The topological polar surface area (TPSA) is 59.0 Å². The second-order valence-corrected chi connectivity index (χ2v) is 7.17. The number of aromatic hydroxyl groups is 1. The summed E-state index contributed by atoms with van der Waals surface area (Å²) in [6.07, 6.45) is 0. The molecule has 160 valence electrons. The van der Waals surface area contributed by atoms with Gasteiger partial charge in [0.25, 0.3) is 0 Å². The van der Waals surface area contributed by atoms with Crippen molar-refractivity contribution in [2.24, 2.45) is 0 Å². The Kier molecular flexibility index (Phi) is 5.00. The molecule has 0 bridgehead atoms. The molecule has 31 heavy (non-hydrogen) atoms. The van der Waals surface area contributed by atoms with Crippen molar-refractivity contribution in [3.63, 3.8) is 0 Å². The third-order valence-corrected chi connectivity index (χ3v) is 5.37. The Balaban J connectivity index is 1.90. The number of phenols is 1. The first kappa shape index (κ1) is 20.6. The van der Waals surface area contributed by atoms with Crippen molar-refractivity contribution in [1.82, 2.24) is 0 Å². The van der Waals surface area contributed by atoms with Crippen LogP contribution < -0.4 is 14.4 Å². The molecule has 5 nitrogen and oxygen atoms in total. The number of phenolic OH excluding ortho intramolecular Hbond substituents is 1. The fourth-order valence-corrected chi connectivity index (χ4v) is 3.90. The second-order valence-electron chi connectivity index (χ2n) is 7.17. The van der Waals surface area contributed by atoms with Crippen molar-refractivity contribution >= 4 is 17.3 Å². The minimum absolute atomic E-state index is 0.184. The van der Waals surface area contributed by atoms with E-state index in [2.05, 4.69) is 0 Å². The lowest BCUT2D eigenvalue weighted by Crippen LogP contribution is -2.29. The zero-order valence-corrected chi connectivity index (χ0v) is 16.9. The van der Waals surface area contributed by atoms with E-state index < -0.39 is 35.1 Å². The highest BCUT2D eigenvalue weighted by Crippen LogP contribution is 2.50. The average molecular weight is 429 g/mol. The second kappa shape index (κ2) is 7.54. The zero-order valence-electron chi connectivity index (χ0n) is 16.9. The van der Waals surface area contributed by atoms with Crippen LogP contribution in [-0.2, 0) is 4.79 Å². The first-order chi connectivity index (χ1) is 14.7. The molecule has 0 aromatic heterocycles. The van der Waals surface area contributed by atoms with Crippen LogP contribution in [0.15, 0.2) is 42.5 Å². The van der Waals surface area contributed by atoms with Gasteiger partial charge in [-0.15, -0.1) is 0 Å². The SMILES string of the molecule is COc1ccc2c(c1)N(C)c1c(C)ccc(O)c1C2C(=O)Oc1c(F)ccc(F)c1F. The van der Waals surface area contributed by atoms with Gasteiger partial charge in [0.1, 0.15) is 17.4 Å². The van der Waals surface area contributed by atoms with E-state index in [4.69, 9.17) is 9.47 Å². The van der Waals surface area contributed by atoms with Crippen LogP contribution in [0.25, 0.3) is 0 Å². The molecule has 0 saturated heterocycles. The van der Waals surface area contributed by atoms with Crippen molar-refractivity contribution in [1.29, 1.82) is 0 Å². The maximum Gasteiger partial charge on any atom is 0.323 e. The van der Waals surface area contributed by atoms with Gasteiger partial charge < -0.3 is 19.5 Å². The minimum Gasteiger partial charge on any atom is -0.508 e. The summed E-state index contributed by atoms with van der Waals surface area (Å²) in [5.74, 6) is -7.24. The number of halogens is 3. The Morgan fingerprint density at radius 3 is 2.48 bits per heavy atom. The summed E-state index contributed by atoms with van der Waals surface area (Å²) in [4.78, 5) is 15.0. The molecule has 1 unspecified atom stereocenters. The number of hydrogen-bond acceptors (Lipinski definition) is 5. The van der Waals surface area contributed by atoms with Gasteiger partial charge in [-0.3, -0.25) is 4.79 Å². The van der Waals surface area contributed by atoms with Gasteiger partial charge in [-0.2, -0.15) is 4.39 Å². The van der Waals surface area contributed by atoms with Crippen LogP contribution in [-0.4, -0.2) is 25.2 Å². The van der Waals surface area contributed by atoms with E-state index in [9.17, 15) is 23.1 Å². The molecule has 4 rings (SSSR count). The standard InChI is InChI=1S/C23H18F3NO4/c1-11-4-9-17(28)19-18(23(29)31-22-15(25)8-7-14(24)20(22)26)13-6-5-12(30-3)10-16(13)27(2)21(11)19/h4-10,18,28H,1-3H3. The lowest BCUT2D eigenvalue weighted by Gasteiger charge is -2.36. The van der Waals surface area contributed by atoms with Gasteiger partial charge in [0.05, 0.1) is 12.8 Å². The molecule has 0 saturated carbocycles. The monoisotopic (exact) mass is 429 g/mol. The van der Waals surface area contributed by atoms with Crippen LogP contribution in [0.2, 0.25) is 0 Å². The van der Waals surface area contributed by atoms with Gasteiger partial charge in [-0.25, -0.2) is 8.78 Å². The molecule has 3 aromatic carbocycles. The number of ether oxygens (including phenoxy) is 2. The lowest BCUT2D eigenvalue weighted by atomic mass is 9.83. The summed E-state index contributed by atoms with van der Waals surface area (Å²) in [5.41, 5.74) is 2.54. The van der Waals surface area contributed by atoms with Crippen LogP contribution in [0.5, 0.6) is 17.2 Å². The van der Waals surface area contributed by atoms with E-state index in [1.54, 1.807) is 43.1 Å². The number of methoxy groups -OCH3 is 1. The number of fused-ring (bicyclic) bond motifs is 2. The van der Waals surface area contributed by atoms with E-state index in [1.165, 1.54) is 13.2 Å². The van der Waals surface area contributed by atoms with E-state index >= 15 is 0 Å². The molecule has 1 aliphatic heterocycles. The van der Waals surface area contributed by atoms with Crippen molar-refractivity contribution in [3.05, 3.63) is 76.6 Å². The van der Waals surface area contributed by atoms with E-state index in [0.29, 0.717) is 34.8 Å². The van der Waals surface area contributed by atoms with Crippen LogP contribution in [0, 0.1) is 24.4 Å². The molecule has 0 spiro atoms. The number of nitrogens with zero attached hydrogens (tertiary/aromatic N) is 1. The van der Waals surface area contributed by atoms with Crippen molar-refractivity contribution in [2.75, 3.05) is 19.1 Å². The number of aryl methyl sites for hydroxylation is 1. The van der Waals surface area contributed by atoms with Gasteiger partial charge in [0.15, 0.2) is 11.6 Å². The molecule has 8 heteroatoms. The predicted molar refractivity (Wildman–Crippen MR) is 108 cm³/mol. The third kappa shape index (κ3) is 3.24. The molecule has 0 radical (unpaired) electrons. The highest BCUT2D eigenvalue weighted by atomic mass is 19.2. The molecule has 1 atom stereocenters. The van der Waals surface area contributed by atoms with Gasteiger partial charge in [-0.05, 0) is 42.3 Å². The van der Waals surface area contributed by atoms with Gasteiger partial charge in [0.2, 0.25) is 11.6 Å². The molecule has 1 N–H and O–H groups in total. The molecule has 0 aliphatic carbocycles. The lowest BCUT2D eigenvalue weighted by molar-refractivity contribution is -0.135. The quantitative estimate of drug-likeness (QED) is 0.363. The largest absolute Gasteiger partial charge is 0.508 e. The predicted octanol–water partition coefficient (Wildman–Crippen LogP) is 4.95. The summed E-state index contributed by atoms with van der Waals surface area (Å²) in [6, 6.07) is 9.32. The van der Waals surface area contributed by atoms with Crippen LogP contribution in [0.3, 0.4) is 0 Å². The van der Waals surface area contributed by atoms with Gasteiger partial charge in [-0.1, -0.05) is 12.1 Å². The Hall–Kier alpha value is -3.68. The zero-order chi connectivity index (χ0) is 22.4. The molecule has 3 aromatic rings. The number of benzene rings is 3. The fraction of sp³-hybridized carbons (Fsp3) is 0.174. The molecular weight excluding hydrogens is 411 g/mol. The number of anilines is 2. The number of hydrogen-bond donors (Lipinski definition) is 1.